The van der Waals surface area contributed by atoms with E-state index in [4.69, 9.17) is 16.3 Å². The Morgan fingerprint density at radius 3 is 2.69 bits per heavy atom. The SMILES string of the molecule is CN(Cc1c(F)cccc1Cl)C(=O)C1CCCN(C(=O)OC(C)(C)C)C1. The third kappa shape index (κ3) is 5.34. The molecule has 1 fully saturated rings. The first-order valence-electron chi connectivity index (χ1n) is 8.74. The van der Waals surface area contributed by atoms with Crippen molar-refractivity contribution in [3.05, 3.63) is 34.6 Å². The molecule has 1 saturated heterocycles. The molecule has 0 bridgehead atoms. The molecule has 5 nitrogen and oxygen atoms in total. The molecule has 0 spiro atoms. The van der Waals surface area contributed by atoms with Gasteiger partial charge in [-0.05, 0) is 45.7 Å². The zero-order chi connectivity index (χ0) is 19.5. The maximum Gasteiger partial charge on any atom is 0.410 e. The van der Waals surface area contributed by atoms with Crippen LogP contribution in [0.15, 0.2) is 18.2 Å². The smallest absolute Gasteiger partial charge is 0.410 e. The van der Waals surface area contributed by atoms with Crippen LogP contribution in [0.2, 0.25) is 5.02 Å². The highest BCUT2D eigenvalue weighted by Gasteiger charge is 2.32. The van der Waals surface area contributed by atoms with Gasteiger partial charge in [-0.2, -0.15) is 0 Å². The van der Waals surface area contributed by atoms with E-state index < -0.39 is 17.5 Å². The summed E-state index contributed by atoms with van der Waals surface area (Å²) in [6, 6.07) is 4.45. The Morgan fingerprint density at radius 1 is 1.38 bits per heavy atom. The lowest BCUT2D eigenvalue weighted by Crippen LogP contribution is -2.47. The summed E-state index contributed by atoms with van der Waals surface area (Å²) in [5.41, 5.74) is -0.281. The van der Waals surface area contributed by atoms with Crippen molar-refractivity contribution in [1.82, 2.24) is 9.80 Å². The molecule has 0 N–H and O–H groups in total. The van der Waals surface area contributed by atoms with Crippen molar-refractivity contribution >= 4 is 23.6 Å². The fourth-order valence-corrected chi connectivity index (χ4v) is 3.20. The lowest BCUT2D eigenvalue weighted by atomic mass is 9.96. The van der Waals surface area contributed by atoms with E-state index >= 15 is 0 Å². The summed E-state index contributed by atoms with van der Waals surface area (Å²) in [6.45, 7) is 6.40. The Labute approximate surface area is 159 Å². The lowest BCUT2D eigenvalue weighted by Gasteiger charge is -2.35. The molecule has 1 atom stereocenters. The van der Waals surface area contributed by atoms with E-state index in [0.29, 0.717) is 30.1 Å². The van der Waals surface area contributed by atoms with E-state index in [2.05, 4.69) is 0 Å². The van der Waals surface area contributed by atoms with E-state index in [0.717, 1.165) is 6.42 Å². The molecule has 0 aliphatic carbocycles. The van der Waals surface area contributed by atoms with Crippen LogP contribution >= 0.6 is 11.6 Å². The number of carbonyl (C=O) groups excluding carboxylic acids is 2. The molecule has 7 heteroatoms. The molecule has 144 valence electrons. The summed E-state index contributed by atoms with van der Waals surface area (Å²) in [5, 5.41) is 0.295. The van der Waals surface area contributed by atoms with Crippen molar-refractivity contribution in [2.75, 3.05) is 20.1 Å². The highest BCUT2D eigenvalue weighted by molar-refractivity contribution is 6.31. The minimum atomic E-state index is -0.577. The molecule has 1 aliphatic heterocycles. The number of rotatable bonds is 3. The largest absolute Gasteiger partial charge is 0.444 e. The standard InChI is InChI=1S/C19H26ClFN2O3/c1-19(2,3)26-18(25)23-10-6-7-13(11-23)17(24)22(4)12-14-15(20)8-5-9-16(14)21/h5,8-9,13H,6-7,10-12H2,1-4H3. The topological polar surface area (TPSA) is 49.9 Å². The Morgan fingerprint density at radius 2 is 2.08 bits per heavy atom. The van der Waals surface area contributed by atoms with Gasteiger partial charge in [0.15, 0.2) is 0 Å². The number of piperidine rings is 1. The van der Waals surface area contributed by atoms with E-state index in [1.54, 1.807) is 18.0 Å². The van der Waals surface area contributed by atoms with Crippen LogP contribution in [-0.4, -0.2) is 47.5 Å². The number of benzene rings is 1. The maximum absolute atomic E-state index is 14.0. The van der Waals surface area contributed by atoms with Gasteiger partial charge in [0.1, 0.15) is 11.4 Å². The molecule has 0 saturated carbocycles. The number of hydrogen-bond donors (Lipinski definition) is 0. The van der Waals surface area contributed by atoms with Gasteiger partial charge in [0.05, 0.1) is 5.92 Å². The quantitative estimate of drug-likeness (QED) is 0.788. The van der Waals surface area contributed by atoms with Gasteiger partial charge >= 0.3 is 6.09 Å². The number of carbonyl (C=O) groups is 2. The molecule has 1 aliphatic rings. The van der Waals surface area contributed by atoms with Gasteiger partial charge in [-0.25, -0.2) is 9.18 Å². The first kappa shape index (κ1) is 20.5. The Hall–Kier alpha value is -1.82. The molecule has 0 radical (unpaired) electrons. The van der Waals surface area contributed by atoms with Gasteiger partial charge in [0.25, 0.3) is 0 Å². The van der Waals surface area contributed by atoms with Crippen LogP contribution in [0.5, 0.6) is 0 Å². The first-order valence-corrected chi connectivity index (χ1v) is 9.12. The molecule has 0 aromatic heterocycles. The molecular formula is C19H26ClFN2O3. The summed E-state index contributed by atoms with van der Waals surface area (Å²) in [4.78, 5) is 28.0. The fourth-order valence-electron chi connectivity index (χ4n) is 2.98. The zero-order valence-electron chi connectivity index (χ0n) is 15.7. The molecule has 2 rings (SSSR count). The van der Waals surface area contributed by atoms with Crippen molar-refractivity contribution in [2.45, 2.75) is 45.8 Å². The van der Waals surface area contributed by atoms with E-state index in [1.165, 1.54) is 17.0 Å². The molecule has 26 heavy (non-hydrogen) atoms. The van der Waals surface area contributed by atoms with Gasteiger partial charge in [-0.3, -0.25) is 4.79 Å². The van der Waals surface area contributed by atoms with Crippen LogP contribution in [0.25, 0.3) is 0 Å². The van der Waals surface area contributed by atoms with Crippen LogP contribution in [0.1, 0.15) is 39.2 Å². The second kappa shape index (κ2) is 8.25. The van der Waals surface area contributed by atoms with Gasteiger partial charge in [0.2, 0.25) is 5.91 Å². The second-order valence-electron chi connectivity index (χ2n) is 7.66. The first-order chi connectivity index (χ1) is 12.1. The van der Waals surface area contributed by atoms with Gasteiger partial charge < -0.3 is 14.5 Å². The molecule has 2 amide bonds. The monoisotopic (exact) mass is 384 g/mol. The summed E-state index contributed by atoms with van der Waals surface area (Å²) >= 11 is 6.04. The Kier molecular flexibility index (Phi) is 6.50. The normalized spacial score (nSPS) is 17.8. The predicted molar refractivity (Wildman–Crippen MR) is 98.4 cm³/mol. The van der Waals surface area contributed by atoms with Crippen molar-refractivity contribution in [3.63, 3.8) is 0 Å². The zero-order valence-corrected chi connectivity index (χ0v) is 16.5. The van der Waals surface area contributed by atoms with Crippen molar-refractivity contribution < 1.29 is 18.7 Å². The number of nitrogens with zero attached hydrogens (tertiary/aromatic N) is 2. The minimum Gasteiger partial charge on any atom is -0.444 e. The fraction of sp³-hybridized carbons (Fsp3) is 0.579. The maximum atomic E-state index is 14.0. The second-order valence-corrected chi connectivity index (χ2v) is 8.07. The van der Waals surface area contributed by atoms with Crippen LogP contribution in [0.3, 0.4) is 0 Å². The van der Waals surface area contributed by atoms with Crippen LogP contribution in [0.4, 0.5) is 9.18 Å². The van der Waals surface area contributed by atoms with Crippen LogP contribution in [0, 0.1) is 11.7 Å². The summed E-state index contributed by atoms with van der Waals surface area (Å²) in [6.07, 6.45) is 1.01. The van der Waals surface area contributed by atoms with Crippen LogP contribution < -0.4 is 0 Å². The van der Waals surface area contributed by atoms with E-state index in [-0.39, 0.29) is 18.4 Å². The number of likely N-dealkylation sites (tertiary alicyclic amines) is 1. The molecule has 1 unspecified atom stereocenters. The molecule has 1 heterocycles. The highest BCUT2D eigenvalue weighted by Crippen LogP contribution is 2.24. The van der Waals surface area contributed by atoms with Gasteiger partial charge in [0, 0.05) is 37.3 Å². The molecule has 1 aromatic rings. The highest BCUT2D eigenvalue weighted by atomic mass is 35.5. The van der Waals surface area contributed by atoms with Crippen molar-refractivity contribution in [2.24, 2.45) is 5.92 Å². The Bertz CT molecular complexity index is 655. The van der Waals surface area contributed by atoms with Gasteiger partial charge in [-0.15, -0.1) is 0 Å². The third-order valence-electron chi connectivity index (χ3n) is 4.26. The summed E-state index contributed by atoms with van der Waals surface area (Å²) < 4.78 is 19.3. The van der Waals surface area contributed by atoms with E-state index in [9.17, 15) is 14.0 Å². The average molecular weight is 385 g/mol. The van der Waals surface area contributed by atoms with Crippen molar-refractivity contribution in [3.8, 4) is 0 Å². The number of halogens is 2. The number of ether oxygens (including phenoxy) is 1. The Balaban J connectivity index is 2.01. The molecule has 1 aromatic carbocycles. The molecular weight excluding hydrogens is 359 g/mol. The minimum absolute atomic E-state index is 0.0906. The third-order valence-corrected chi connectivity index (χ3v) is 4.61. The average Bonchev–Trinajstić information content (AvgIpc) is 2.56. The summed E-state index contributed by atoms with van der Waals surface area (Å²) in [7, 11) is 1.62. The van der Waals surface area contributed by atoms with E-state index in [1.807, 2.05) is 20.8 Å². The van der Waals surface area contributed by atoms with Gasteiger partial charge in [-0.1, -0.05) is 17.7 Å². The number of amides is 2. The summed E-state index contributed by atoms with van der Waals surface area (Å²) in [5.74, 6) is -0.888. The number of hydrogen-bond acceptors (Lipinski definition) is 3. The predicted octanol–water partition coefficient (Wildman–Crippen LogP) is 4.08. The van der Waals surface area contributed by atoms with Crippen LogP contribution in [-0.2, 0) is 16.1 Å². The lowest BCUT2D eigenvalue weighted by molar-refractivity contribution is -0.136. The van der Waals surface area contributed by atoms with Crippen molar-refractivity contribution in [1.29, 1.82) is 0 Å².